The number of hydrogen-bond acceptors (Lipinski definition) is 13. The van der Waals surface area contributed by atoms with Crippen molar-refractivity contribution in [3.8, 4) is 0 Å². The number of unbranched alkanes of at least 4 members (excludes halogenated alkanes) is 31. The summed E-state index contributed by atoms with van der Waals surface area (Å²) in [6.07, 6.45) is 47.9. The molecule has 2 fully saturated rings. The molecule has 2 heterocycles. The van der Waals surface area contributed by atoms with Gasteiger partial charge in [0, 0.05) is 6.42 Å². The van der Waals surface area contributed by atoms with Crippen molar-refractivity contribution in [3.63, 3.8) is 0 Å². The molecule has 12 unspecified atom stereocenters. The van der Waals surface area contributed by atoms with E-state index in [1.54, 1.807) is 0 Å². The van der Waals surface area contributed by atoms with Crippen LogP contribution in [0.5, 0.6) is 0 Å². The second-order valence-electron chi connectivity index (χ2n) is 22.9. The Kier molecular flexibility index (Phi) is 46.7. The second-order valence-corrected chi connectivity index (χ2v) is 22.9. The summed E-state index contributed by atoms with van der Waals surface area (Å²) in [6, 6.07) is -0.823. The number of amides is 1. The molecule has 0 aromatic heterocycles. The normalized spacial score (nSPS) is 24.7. The van der Waals surface area contributed by atoms with Crippen LogP contribution < -0.4 is 5.32 Å². The van der Waals surface area contributed by atoms with Gasteiger partial charge in [-0.05, 0) is 51.4 Å². The van der Waals surface area contributed by atoms with Gasteiger partial charge in [0.2, 0.25) is 5.91 Å². The van der Waals surface area contributed by atoms with Gasteiger partial charge in [-0.15, -0.1) is 0 Å². The number of ether oxygens (including phenoxy) is 4. The first-order valence-electron chi connectivity index (χ1n) is 32.4. The van der Waals surface area contributed by atoms with Gasteiger partial charge in [-0.1, -0.05) is 255 Å². The summed E-state index contributed by atoms with van der Waals surface area (Å²) >= 11 is 0. The van der Waals surface area contributed by atoms with Crippen molar-refractivity contribution in [1.29, 1.82) is 0 Å². The summed E-state index contributed by atoms with van der Waals surface area (Å²) < 4.78 is 22.7. The third-order valence-electron chi connectivity index (χ3n) is 15.8. The Morgan fingerprint density at radius 3 is 1.34 bits per heavy atom. The number of nitrogens with one attached hydrogen (secondary N) is 1. The molecule has 0 saturated carbocycles. The van der Waals surface area contributed by atoms with Crippen LogP contribution >= 0.6 is 0 Å². The molecule has 462 valence electrons. The SMILES string of the molecule is CC/C=C\C/C=C\C/C=C\C/C=C\CCCCCCCCCCCCCCCCCCCCCCCCCCCCC(=O)NC(COC1OC(CO)C(OC2OC(CO)C(O)C(O)C2O)C(O)C1O)C(O)CCCCCCCC. The molecule has 1 amide bonds. The molecule has 2 saturated heterocycles. The van der Waals surface area contributed by atoms with E-state index in [0.717, 1.165) is 89.9 Å². The average Bonchev–Trinajstić information content (AvgIpc) is 3.47. The first kappa shape index (κ1) is 73.1. The van der Waals surface area contributed by atoms with E-state index in [-0.39, 0.29) is 12.5 Å². The maximum atomic E-state index is 13.2. The van der Waals surface area contributed by atoms with Crippen LogP contribution in [0, 0.1) is 0 Å². The standard InChI is InChI=1S/C65H119NO13/c1-3-5-7-9-11-12-13-14-15-16-17-18-19-20-21-22-23-24-25-26-27-28-29-30-31-32-33-34-35-36-37-38-39-40-41-42-43-45-47-49-57(70)66-53(54(69)48-46-44-10-8-6-4-2)52-76-64-62(75)60(73)63(56(51-68)78-64)79-65-61(74)59(72)58(71)55(50-67)77-65/h5,7,11-12,14-15,17-18,53-56,58-65,67-69,71-75H,3-4,6,8-10,13,16,19-52H2,1-2H3,(H,66,70)/b7-5-,12-11-,15-14-,18-17-. The number of hydrogen-bond donors (Lipinski definition) is 9. The van der Waals surface area contributed by atoms with Crippen LogP contribution in [0.2, 0.25) is 0 Å². The van der Waals surface area contributed by atoms with E-state index in [4.69, 9.17) is 18.9 Å². The van der Waals surface area contributed by atoms with Crippen LogP contribution in [0.1, 0.15) is 264 Å². The van der Waals surface area contributed by atoms with Gasteiger partial charge in [-0.3, -0.25) is 4.79 Å². The summed E-state index contributed by atoms with van der Waals surface area (Å²) in [6.45, 7) is 2.68. The predicted octanol–water partition coefficient (Wildman–Crippen LogP) is 12.0. The highest BCUT2D eigenvalue weighted by Crippen LogP contribution is 2.30. The lowest BCUT2D eigenvalue weighted by Gasteiger charge is -2.46. The topological polar surface area (TPSA) is 228 Å². The van der Waals surface area contributed by atoms with Crippen LogP contribution in [0.15, 0.2) is 48.6 Å². The van der Waals surface area contributed by atoms with Gasteiger partial charge in [0.1, 0.15) is 48.8 Å². The fraction of sp³-hybridized carbons (Fsp3) is 0.862. The fourth-order valence-electron chi connectivity index (χ4n) is 10.6. The third-order valence-corrected chi connectivity index (χ3v) is 15.8. The van der Waals surface area contributed by atoms with Crippen LogP contribution in [-0.2, 0) is 23.7 Å². The van der Waals surface area contributed by atoms with E-state index < -0.39 is 86.8 Å². The number of carbonyl (C=O) groups excluding carboxylic acids is 1. The Hall–Kier alpha value is -2.05. The fourth-order valence-corrected chi connectivity index (χ4v) is 10.6. The van der Waals surface area contributed by atoms with E-state index in [0.29, 0.717) is 12.8 Å². The van der Waals surface area contributed by atoms with E-state index in [1.807, 2.05) is 0 Å². The monoisotopic (exact) mass is 1120 g/mol. The van der Waals surface area contributed by atoms with E-state index in [9.17, 15) is 45.6 Å². The minimum absolute atomic E-state index is 0.208. The molecule has 0 aliphatic carbocycles. The molecule has 2 aliphatic rings. The van der Waals surface area contributed by atoms with E-state index in [1.165, 1.54) is 148 Å². The Bertz CT molecular complexity index is 1510. The maximum absolute atomic E-state index is 13.2. The average molecular weight is 1120 g/mol. The van der Waals surface area contributed by atoms with Crippen molar-refractivity contribution < 1.29 is 64.6 Å². The number of aliphatic hydroxyl groups is 8. The van der Waals surface area contributed by atoms with E-state index >= 15 is 0 Å². The summed E-state index contributed by atoms with van der Waals surface area (Å²) in [4.78, 5) is 13.2. The Morgan fingerprint density at radius 2 is 0.873 bits per heavy atom. The van der Waals surface area contributed by atoms with Crippen molar-refractivity contribution in [2.45, 2.75) is 338 Å². The van der Waals surface area contributed by atoms with Crippen LogP contribution in [0.3, 0.4) is 0 Å². The largest absolute Gasteiger partial charge is 0.394 e. The molecule has 14 heteroatoms. The number of aliphatic hydroxyl groups excluding tert-OH is 8. The highest BCUT2D eigenvalue weighted by molar-refractivity contribution is 5.76. The lowest BCUT2D eigenvalue weighted by atomic mass is 9.97. The quantitative estimate of drug-likeness (QED) is 0.0204. The van der Waals surface area contributed by atoms with Gasteiger partial charge in [0.15, 0.2) is 12.6 Å². The molecule has 12 atom stereocenters. The minimum Gasteiger partial charge on any atom is -0.394 e. The Labute approximate surface area is 480 Å². The van der Waals surface area contributed by atoms with Gasteiger partial charge < -0.3 is 65.1 Å². The van der Waals surface area contributed by atoms with Crippen molar-refractivity contribution in [2.75, 3.05) is 19.8 Å². The maximum Gasteiger partial charge on any atom is 0.220 e. The third kappa shape index (κ3) is 35.6. The predicted molar refractivity (Wildman–Crippen MR) is 318 cm³/mol. The summed E-state index contributed by atoms with van der Waals surface area (Å²) in [5, 5.41) is 86.7. The summed E-state index contributed by atoms with van der Waals surface area (Å²) in [5.74, 6) is -0.208. The lowest BCUT2D eigenvalue weighted by Crippen LogP contribution is -2.65. The van der Waals surface area contributed by atoms with Gasteiger partial charge in [0.05, 0.1) is 32.0 Å². The molecule has 2 aliphatic heterocycles. The first-order chi connectivity index (χ1) is 38.6. The molecule has 14 nitrogen and oxygen atoms in total. The zero-order chi connectivity index (χ0) is 57.4. The van der Waals surface area contributed by atoms with Crippen LogP contribution in [0.25, 0.3) is 0 Å². The highest BCUT2D eigenvalue weighted by Gasteiger charge is 2.51. The van der Waals surface area contributed by atoms with Gasteiger partial charge in [-0.2, -0.15) is 0 Å². The zero-order valence-corrected chi connectivity index (χ0v) is 49.9. The van der Waals surface area contributed by atoms with Gasteiger partial charge >= 0.3 is 0 Å². The van der Waals surface area contributed by atoms with Crippen LogP contribution in [-0.4, -0.2) is 140 Å². The van der Waals surface area contributed by atoms with Crippen molar-refractivity contribution in [1.82, 2.24) is 5.32 Å². The lowest BCUT2D eigenvalue weighted by molar-refractivity contribution is -0.359. The molecule has 0 aromatic carbocycles. The molecule has 0 aromatic rings. The molecule has 79 heavy (non-hydrogen) atoms. The smallest absolute Gasteiger partial charge is 0.220 e. The second kappa shape index (κ2) is 50.5. The highest BCUT2D eigenvalue weighted by atomic mass is 16.7. The van der Waals surface area contributed by atoms with Crippen molar-refractivity contribution >= 4 is 5.91 Å². The van der Waals surface area contributed by atoms with Gasteiger partial charge in [-0.25, -0.2) is 0 Å². The van der Waals surface area contributed by atoms with E-state index in [2.05, 4.69) is 67.8 Å². The summed E-state index contributed by atoms with van der Waals surface area (Å²) in [7, 11) is 0. The summed E-state index contributed by atoms with van der Waals surface area (Å²) in [5.41, 5.74) is 0. The molecule has 9 N–H and O–H groups in total. The van der Waals surface area contributed by atoms with Crippen molar-refractivity contribution in [3.05, 3.63) is 48.6 Å². The van der Waals surface area contributed by atoms with Crippen LogP contribution in [0.4, 0.5) is 0 Å². The van der Waals surface area contributed by atoms with Gasteiger partial charge in [0.25, 0.3) is 0 Å². The minimum atomic E-state index is -1.78. The molecular formula is C65H119NO13. The Balaban J connectivity index is 1.47. The molecule has 0 radical (unpaired) electrons. The van der Waals surface area contributed by atoms with Crippen molar-refractivity contribution in [2.24, 2.45) is 0 Å². The first-order valence-corrected chi connectivity index (χ1v) is 32.4. The Morgan fingerprint density at radius 1 is 0.468 bits per heavy atom. The molecule has 2 rings (SSSR count). The molecular weight excluding hydrogens is 1000 g/mol. The number of allylic oxidation sites excluding steroid dienone is 8. The zero-order valence-electron chi connectivity index (χ0n) is 49.9. The molecule has 0 bridgehead atoms. The number of carbonyl (C=O) groups is 1. The number of rotatable bonds is 52. The molecule has 0 spiro atoms.